The van der Waals surface area contributed by atoms with Crippen LogP contribution in [0, 0.1) is 5.41 Å². The van der Waals surface area contributed by atoms with Crippen LogP contribution >= 0.6 is 0 Å². The molecule has 1 aromatic rings. The first-order chi connectivity index (χ1) is 10.1. The van der Waals surface area contributed by atoms with E-state index >= 15 is 0 Å². The summed E-state index contributed by atoms with van der Waals surface area (Å²) < 4.78 is 9.96. The van der Waals surface area contributed by atoms with Gasteiger partial charge in [-0.25, -0.2) is 4.79 Å². The molecule has 6 heteroatoms. The topological polar surface area (TPSA) is 90.7 Å². The number of esters is 1. The Morgan fingerprint density at radius 3 is 2.71 bits per heavy atom. The molecule has 0 saturated carbocycles. The summed E-state index contributed by atoms with van der Waals surface area (Å²) in [5, 5.41) is 2.84. The summed E-state index contributed by atoms with van der Waals surface area (Å²) in [6, 6.07) is 6.65. The summed E-state index contributed by atoms with van der Waals surface area (Å²) in [4.78, 5) is 24.0. The lowest BCUT2D eigenvalue weighted by Crippen LogP contribution is -2.46. The number of methoxy groups -OCH3 is 1. The van der Waals surface area contributed by atoms with E-state index in [-0.39, 0.29) is 12.5 Å². The summed E-state index contributed by atoms with van der Waals surface area (Å²) in [6.45, 7) is 1.35. The van der Waals surface area contributed by atoms with Gasteiger partial charge in [-0.15, -0.1) is 0 Å². The number of carbonyl (C=O) groups excluding carboxylic acids is 2. The fraction of sp³-hybridized carbons (Fsp3) is 0.467. The SMILES string of the molecule is COC(=O)c1cccc(NC(=O)C2(CN)CCOCC2)c1. The summed E-state index contributed by atoms with van der Waals surface area (Å²) >= 11 is 0. The highest BCUT2D eigenvalue weighted by Gasteiger charge is 2.38. The second kappa shape index (κ2) is 6.69. The maximum atomic E-state index is 12.5. The zero-order valence-corrected chi connectivity index (χ0v) is 12.1. The largest absolute Gasteiger partial charge is 0.465 e. The van der Waals surface area contributed by atoms with Crippen LogP contribution in [0.4, 0.5) is 5.69 Å². The second-order valence-corrected chi connectivity index (χ2v) is 5.12. The van der Waals surface area contributed by atoms with Gasteiger partial charge in [0.25, 0.3) is 0 Å². The highest BCUT2D eigenvalue weighted by Crippen LogP contribution is 2.31. The van der Waals surface area contributed by atoms with Gasteiger partial charge in [0, 0.05) is 25.4 Å². The Balaban J connectivity index is 2.13. The van der Waals surface area contributed by atoms with Gasteiger partial charge in [-0.1, -0.05) is 6.07 Å². The molecule has 0 radical (unpaired) electrons. The molecule has 1 aromatic carbocycles. The predicted octanol–water partition coefficient (Wildman–Crippen LogP) is 1.17. The van der Waals surface area contributed by atoms with E-state index < -0.39 is 11.4 Å². The number of ether oxygens (including phenoxy) is 2. The van der Waals surface area contributed by atoms with Crippen molar-refractivity contribution in [2.24, 2.45) is 11.1 Å². The van der Waals surface area contributed by atoms with Crippen molar-refractivity contribution in [3.05, 3.63) is 29.8 Å². The molecular formula is C15H20N2O4. The molecule has 1 heterocycles. The third-order valence-corrected chi connectivity index (χ3v) is 3.86. The molecule has 6 nitrogen and oxygen atoms in total. The van der Waals surface area contributed by atoms with Crippen LogP contribution in [0.3, 0.4) is 0 Å². The van der Waals surface area contributed by atoms with Crippen LogP contribution in [0.1, 0.15) is 23.2 Å². The number of nitrogens with two attached hydrogens (primary N) is 1. The Morgan fingerprint density at radius 2 is 2.10 bits per heavy atom. The number of anilines is 1. The summed E-state index contributed by atoms with van der Waals surface area (Å²) in [5.74, 6) is -0.569. The molecule has 2 rings (SSSR count). The first-order valence-corrected chi connectivity index (χ1v) is 6.89. The Morgan fingerprint density at radius 1 is 1.38 bits per heavy atom. The van der Waals surface area contributed by atoms with Crippen molar-refractivity contribution in [3.63, 3.8) is 0 Å². The molecule has 1 fully saturated rings. The maximum absolute atomic E-state index is 12.5. The Kier molecular flexibility index (Phi) is 4.93. The van der Waals surface area contributed by atoms with Crippen LogP contribution in [-0.2, 0) is 14.3 Å². The Hall–Kier alpha value is -1.92. The van der Waals surface area contributed by atoms with E-state index in [9.17, 15) is 9.59 Å². The first kappa shape index (κ1) is 15.5. The number of nitrogens with one attached hydrogen (secondary N) is 1. The molecular weight excluding hydrogens is 272 g/mol. The van der Waals surface area contributed by atoms with Gasteiger partial charge in [0.2, 0.25) is 5.91 Å². The number of carbonyl (C=O) groups is 2. The highest BCUT2D eigenvalue weighted by atomic mass is 16.5. The van der Waals surface area contributed by atoms with Crippen LogP contribution in [0.5, 0.6) is 0 Å². The van der Waals surface area contributed by atoms with E-state index in [0.29, 0.717) is 37.3 Å². The van der Waals surface area contributed by atoms with Crippen LogP contribution in [0.25, 0.3) is 0 Å². The van der Waals surface area contributed by atoms with E-state index in [1.165, 1.54) is 7.11 Å². The lowest BCUT2D eigenvalue weighted by Gasteiger charge is -2.34. The van der Waals surface area contributed by atoms with E-state index in [1.54, 1.807) is 24.3 Å². The molecule has 0 spiro atoms. The van der Waals surface area contributed by atoms with Gasteiger partial charge in [-0.3, -0.25) is 4.79 Å². The number of hydrogen-bond donors (Lipinski definition) is 2. The van der Waals surface area contributed by atoms with E-state index in [1.807, 2.05) is 0 Å². The van der Waals surface area contributed by atoms with Gasteiger partial charge in [-0.2, -0.15) is 0 Å². The van der Waals surface area contributed by atoms with Crippen molar-refractivity contribution >= 4 is 17.6 Å². The van der Waals surface area contributed by atoms with Crippen molar-refractivity contribution in [2.75, 3.05) is 32.2 Å². The quantitative estimate of drug-likeness (QED) is 0.813. The fourth-order valence-corrected chi connectivity index (χ4v) is 2.39. The number of hydrogen-bond acceptors (Lipinski definition) is 5. The third kappa shape index (κ3) is 3.40. The molecule has 1 saturated heterocycles. The molecule has 0 aromatic heterocycles. The van der Waals surface area contributed by atoms with Crippen molar-refractivity contribution in [1.29, 1.82) is 0 Å². The van der Waals surface area contributed by atoms with Crippen molar-refractivity contribution in [2.45, 2.75) is 12.8 Å². The minimum absolute atomic E-state index is 0.129. The molecule has 1 aliphatic rings. The minimum atomic E-state index is -0.598. The zero-order valence-electron chi connectivity index (χ0n) is 12.1. The zero-order chi connectivity index (χ0) is 15.3. The van der Waals surface area contributed by atoms with E-state index in [2.05, 4.69) is 10.1 Å². The van der Waals surface area contributed by atoms with Crippen LogP contribution < -0.4 is 11.1 Å². The summed E-state index contributed by atoms with van der Waals surface area (Å²) in [7, 11) is 1.32. The molecule has 114 valence electrons. The van der Waals surface area contributed by atoms with Gasteiger partial charge in [-0.05, 0) is 31.0 Å². The second-order valence-electron chi connectivity index (χ2n) is 5.12. The standard InChI is InChI=1S/C15H20N2O4/c1-20-13(18)11-3-2-4-12(9-11)17-14(19)15(10-16)5-7-21-8-6-15/h2-4,9H,5-8,10,16H2,1H3,(H,17,19). The number of rotatable bonds is 4. The van der Waals surface area contributed by atoms with E-state index in [4.69, 9.17) is 10.5 Å². The molecule has 1 amide bonds. The lowest BCUT2D eigenvalue weighted by molar-refractivity contribution is -0.130. The highest BCUT2D eigenvalue weighted by molar-refractivity contribution is 5.97. The Labute approximate surface area is 123 Å². The molecule has 0 unspecified atom stereocenters. The van der Waals surface area contributed by atoms with Gasteiger partial charge >= 0.3 is 5.97 Å². The monoisotopic (exact) mass is 292 g/mol. The lowest BCUT2D eigenvalue weighted by atomic mass is 9.79. The molecule has 3 N–H and O–H groups in total. The Bertz CT molecular complexity index is 524. The van der Waals surface area contributed by atoms with Gasteiger partial charge < -0.3 is 20.5 Å². The van der Waals surface area contributed by atoms with Gasteiger partial charge in [0.1, 0.15) is 0 Å². The fourth-order valence-electron chi connectivity index (χ4n) is 2.39. The van der Waals surface area contributed by atoms with Crippen molar-refractivity contribution in [3.8, 4) is 0 Å². The molecule has 0 aliphatic carbocycles. The van der Waals surface area contributed by atoms with Gasteiger partial charge in [0.05, 0.1) is 18.1 Å². The molecule has 1 aliphatic heterocycles. The van der Waals surface area contributed by atoms with Crippen LogP contribution in [0.2, 0.25) is 0 Å². The number of amides is 1. The normalized spacial score (nSPS) is 17.0. The predicted molar refractivity (Wildman–Crippen MR) is 78.0 cm³/mol. The number of benzene rings is 1. The average molecular weight is 292 g/mol. The first-order valence-electron chi connectivity index (χ1n) is 6.89. The van der Waals surface area contributed by atoms with Crippen LogP contribution in [-0.4, -0.2) is 38.7 Å². The van der Waals surface area contributed by atoms with Crippen molar-refractivity contribution < 1.29 is 19.1 Å². The van der Waals surface area contributed by atoms with Gasteiger partial charge in [0.15, 0.2) is 0 Å². The molecule has 21 heavy (non-hydrogen) atoms. The van der Waals surface area contributed by atoms with E-state index in [0.717, 1.165) is 0 Å². The molecule has 0 atom stereocenters. The summed E-state index contributed by atoms with van der Waals surface area (Å²) in [6.07, 6.45) is 1.21. The van der Waals surface area contributed by atoms with Crippen LogP contribution in [0.15, 0.2) is 24.3 Å². The smallest absolute Gasteiger partial charge is 0.337 e. The van der Waals surface area contributed by atoms with Crippen molar-refractivity contribution in [1.82, 2.24) is 0 Å². The maximum Gasteiger partial charge on any atom is 0.337 e. The minimum Gasteiger partial charge on any atom is -0.465 e. The third-order valence-electron chi connectivity index (χ3n) is 3.86. The molecule has 0 bridgehead atoms. The summed E-state index contributed by atoms with van der Waals surface area (Å²) in [5.41, 5.74) is 6.15. The average Bonchev–Trinajstić information content (AvgIpc) is 2.54.